The summed E-state index contributed by atoms with van der Waals surface area (Å²) in [6.07, 6.45) is 0.814. The first-order valence-corrected chi connectivity index (χ1v) is 13.0. The van der Waals surface area contributed by atoms with E-state index in [2.05, 4.69) is 17.5 Å². The lowest BCUT2D eigenvalue weighted by Gasteiger charge is -2.35. The van der Waals surface area contributed by atoms with Crippen LogP contribution < -0.4 is 0 Å². The Bertz CT molecular complexity index is 1150. The first kappa shape index (κ1) is 21.2. The monoisotopic (exact) mass is 460 g/mol. The van der Waals surface area contributed by atoms with Gasteiger partial charge >= 0.3 is 0 Å². The summed E-state index contributed by atoms with van der Waals surface area (Å²) in [5, 5.41) is 4.10. The van der Waals surface area contributed by atoms with Gasteiger partial charge in [0.15, 0.2) is 0 Å². The van der Waals surface area contributed by atoms with Crippen LogP contribution in [0.1, 0.15) is 45.6 Å². The second-order valence-electron chi connectivity index (χ2n) is 7.61. The summed E-state index contributed by atoms with van der Waals surface area (Å²) in [5.41, 5.74) is 1.57. The molecule has 3 aromatic rings. The minimum Gasteiger partial charge on any atom is -0.326 e. The van der Waals surface area contributed by atoms with Gasteiger partial charge in [-0.05, 0) is 66.9 Å². The topological polar surface area (TPSA) is 57.7 Å². The number of thiophene rings is 2. The standard InChI is InChI=1S/C22H24N2O3S3/c1-15(2)23(3)30(26,27)17-7-4-6-16(14-17)22(25)24-11-9-19-18(10-13-29-19)21(24)20-8-5-12-28-20/h4-8,10,12-15,21H,9,11H2,1-3H3. The summed E-state index contributed by atoms with van der Waals surface area (Å²) in [6.45, 7) is 4.26. The molecule has 0 spiro atoms. The average Bonchev–Trinajstić information content (AvgIpc) is 3.43. The van der Waals surface area contributed by atoms with Crippen molar-refractivity contribution in [2.45, 2.75) is 37.2 Å². The van der Waals surface area contributed by atoms with Crippen LogP contribution in [0.15, 0.2) is 58.1 Å². The van der Waals surface area contributed by atoms with E-state index < -0.39 is 10.0 Å². The molecule has 8 heteroatoms. The zero-order valence-corrected chi connectivity index (χ0v) is 19.6. The molecule has 4 rings (SSSR count). The van der Waals surface area contributed by atoms with Gasteiger partial charge in [-0.25, -0.2) is 8.42 Å². The molecule has 0 fully saturated rings. The highest BCUT2D eigenvalue weighted by atomic mass is 32.2. The summed E-state index contributed by atoms with van der Waals surface area (Å²) >= 11 is 3.36. The molecule has 1 aromatic carbocycles. The Morgan fingerprint density at radius 3 is 2.63 bits per heavy atom. The second kappa shape index (κ2) is 8.26. The fourth-order valence-electron chi connectivity index (χ4n) is 3.69. The lowest BCUT2D eigenvalue weighted by molar-refractivity contribution is 0.0698. The van der Waals surface area contributed by atoms with E-state index in [1.54, 1.807) is 47.9 Å². The normalized spacial score (nSPS) is 16.8. The number of amides is 1. The van der Waals surface area contributed by atoms with E-state index in [9.17, 15) is 13.2 Å². The molecule has 1 atom stereocenters. The quantitative estimate of drug-likeness (QED) is 0.558. The summed E-state index contributed by atoms with van der Waals surface area (Å²) < 4.78 is 27.1. The molecule has 0 radical (unpaired) electrons. The molecule has 158 valence electrons. The number of nitrogens with zero attached hydrogens (tertiary/aromatic N) is 2. The Balaban J connectivity index is 1.71. The van der Waals surface area contributed by atoms with Gasteiger partial charge in [0.05, 0.1) is 10.9 Å². The summed E-state index contributed by atoms with van der Waals surface area (Å²) in [4.78, 5) is 18.0. The van der Waals surface area contributed by atoms with Crippen molar-refractivity contribution in [3.8, 4) is 0 Å². The maximum absolute atomic E-state index is 13.5. The minimum absolute atomic E-state index is 0.133. The van der Waals surface area contributed by atoms with Crippen LogP contribution in [-0.4, -0.2) is 43.2 Å². The number of rotatable bonds is 5. The molecular formula is C22H24N2O3S3. The fraction of sp³-hybridized carbons (Fsp3) is 0.318. The molecule has 3 heterocycles. The van der Waals surface area contributed by atoms with E-state index in [1.165, 1.54) is 20.8 Å². The molecule has 5 nitrogen and oxygen atoms in total. The first-order chi connectivity index (χ1) is 14.3. The predicted molar refractivity (Wildman–Crippen MR) is 122 cm³/mol. The van der Waals surface area contributed by atoms with Crippen LogP contribution in [0.2, 0.25) is 0 Å². The number of carbonyl (C=O) groups excluding carboxylic acids is 1. The third kappa shape index (κ3) is 3.73. The molecule has 0 N–H and O–H groups in total. The molecule has 0 saturated heterocycles. The zero-order valence-electron chi connectivity index (χ0n) is 17.1. The first-order valence-electron chi connectivity index (χ1n) is 9.79. The van der Waals surface area contributed by atoms with Gasteiger partial charge in [0.2, 0.25) is 10.0 Å². The Morgan fingerprint density at radius 2 is 1.93 bits per heavy atom. The van der Waals surface area contributed by atoms with E-state index in [4.69, 9.17) is 0 Å². The van der Waals surface area contributed by atoms with Crippen molar-refractivity contribution in [1.29, 1.82) is 0 Å². The third-order valence-electron chi connectivity index (χ3n) is 5.52. The molecule has 1 aliphatic rings. The molecule has 1 unspecified atom stereocenters. The van der Waals surface area contributed by atoms with Gasteiger partial charge in [0.1, 0.15) is 0 Å². The van der Waals surface area contributed by atoms with E-state index in [-0.39, 0.29) is 22.9 Å². The van der Waals surface area contributed by atoms with Crippen LogP contribution in [-0.2, 0) is 16.4 Å². The molecule has 30 heavy (non-hydrogen) atoms. The lowest BCUT2D eigenvalue weighted by Crippen LogP contribution is -2.40. The van der Waals surface area contributed by atoms with Crippen molar-refractivity contribution in [2.75, 3.05) is 13.6 Å². The number of hydrogen-bond acceptors (Lipinski definition) is 5. The molecule has 0 saturated carbocycles. The van der Waals surface area contributed by atoms with Crippen LogP contribution in [0.4, 0.5) is 0 Å². The number of sulfonamides is 1. The van der Waals surface area contributed by atoms with Gasteiger partial charge in [-0.3, -0.25) is 4.79 Å². The SMILES string of the molecule is CC(C)N(C)S(=O)(=O)c1cccc(C(=O)N2CCc3sccc3C2c2cccs2)c1. The van der Waals surface area contributed by atoms with Gasteiger partial charge in [-0.1, -0.05) is 12.1 Å². The van der Waals surface area contributed by atoms with Gasteiger partial charge in [0.25, 0.3) is 5.91 Å². The molecule has 1 aliphatic heterocycles. The lowest BCUT2D eigenvalue weighted by atomic mass is 9.97. The van der Waals surface area contributed by atoms with Crippen LogP contribution in [0, 0.1) is 0 Å². The summed E-state index contributed by atoms with van der Waals surface area (Å²) in [5.74, 6) is -0.144. The van der Waals surface area contributed by atoms with Gasteiger partial charge in [-0.15, -0.1) is 22.7 Å². The summed E-state index contributed by atoms with van der Waals surface area (Å²) in [7, 11) is -2.10. The van der Waals surface area contributed by atoms with Crippen molar-refractivity contribution in [1.82, 2.24) is 9.21 Å². The largest absolute Gasteiger partial charge is 0.326 e. The number of fused-ring (bicyclic) bond motifs is 1. The highest BCUT2D eigenvalue weighted by Gasteiger charge is 2.34. The number of benzene rings is 1. The van der Waals surface area contributed by atoms with Crippen LogP contribution in [0.3, 0.4) is 0 Å². The van der Waals surface area contributed by atoms with E-state index >= 15 is 0 Å². The maximum atomic E-state index is 13.5. The molecule has 2 aromatic heterocycles. The van der Waals surface area contributed by atoms with Gasteiger partial charge < -0.3 is 4.90 Å². The second-order valence-corrected chi connectivity index (χ2v) is 11.6. The Hall–Kier alpha value is -2.00. The third-order valence-corrected chi connectivity index (χ3v) is 9.48. The minimum atomic E-state index is -3.66. The molecule has 0 aliphatic carbocycles. The number of carbonyl (C=O) groups is 1. The van der Waals surface area contributed by atoms with Crippen molar-refractivity contribution in [3.63, 3.8) is 0 Å². The van der Waals surface area contributed by atoms with Crippen LogP contribution in [0.25, 0.3) is 0 Å². The smallest absolute Gasteiger partial charge is 0.254 e. The van der Waals surface area contributed by atoms with Gasteiger partial charge in [0, 0.05) is 35.0 Å². The predicted octanol–water partition coefficient (Wildman–Crippen LogP) is 4.63. The Labute approximate surface area is 185 Å². The maximum Gasteiger partial charge on any atom is 0.254 e. The van der Waals surface area contributed by atoms with Crippen molar-refractivity contribution >= 4 is 38.6 Å². The Morgan fingerprint density at radius 1 is 1.13 bits per heavy atom. The van der Waals surface area contributed by atoms with E-state index in [0.29, 0.717) is 12.1 Å². The van der Waals surface area contributed by atoms with E-state index in [0.717, 1.165) is 11.3 Å². The van der Waals surface area contributed by atoms with E-state index in [1.807, 2.05) is 30.2 Å². The Kier molecular flexibility index (Phi) is 5.85. The molecular weight excluding hydrogens is 436 g/mol. The highest BCUT2D eigenvalue weighted by molar-refractivity contribution is 7.89. The van der Waals surface area contributed by atoms with Crippen molar-refractivity contribution in [2.24, 2.45) is 0 Å². The zero-order chi connectivity index (χ0) is 21.5. The highest BCUT2D eigenvalue weighted by Crippen LogP contribution is 2.40. The fourth-order valence-corrected chi connectivity index (χ4v) is 6.86. The van der Waals surface area contributed by atoms with Crippen molar-refractivity contribution < 1.29 is 13.2 Å². The van der Waals surface area contributed by atoms with Crippen LogP contribution >= 0.6 is 22.7 Å². The van der Waals surface area contributed by atoms with Crippen LogP contribution in [0.5, 0.6) is 0 Å². The average molecular weight is 461 g/mol. The number of hydrogen-bond donors (Lipinski definition) is 0. The molecule has 0 bridgehead atoms. The van der Waals surface area contributed by atoms with Gasteiger partial charge in [-0.2, -0.15) is 4.31 Å². The van der Waals surface area contributed by atoms with Crippen molar-refractivity contribution in [3.05, 3.63) is 74.1 Å². The summed E-state index contributed by atoms with van der Waals surface area (Å²) in [6, 6.07) is 12.3. The molecule has 1 amide bonds.